The predicted octanol–water partition coefficient (Wildman–Crippen LogP) is 2.87. The third kappa shape index (κ3) is 3.77. The number of ether oxygens (including phenoxy) is 1. The first-order valence-electron chi connectivity index (χ1n) is 9.36. The summed E-state index contributed by atoms with van der Waals surface area (Å²) in [6.45, 7) is 8.40. The van der Waals surface area contributed by atoms with Crippen molar-refractivity contribution in [3.8, 4) is 5.75 Å². The van der Waals surface area contributed by atoms with Crippen molar-refractivity contribution in [2.75, 3.05) is 19.7 Å². The molecule has 7 heteroatoms. The van der Waals surface area contributed by atoms with Gasteiger partial charge in [0.2, 0.25) is 15.9 Å². The summed E-state index contributed by atoms with van der Waals surface area (Å²) >= 11 is 0. The van der Waals surface area contributed by atoms with Crippen molar-refractivity contribution in [2.24, 2.45) is 0 Å². The maximum atomic E-state index is 13.5. The molecule has 1 fully saturated rings. The van der Waals surface area contributed by atoms with E-state index in [0.29, 0.717) is 23.5 Å². The number of carbonyl (C=O) groups is 1. The fourth-order valence-corrected chi connectivity index (χ4v) is 5.41. The third-order valence-electron chi connectivity index (χ3n) is 4.88. The molecule has 1 atom stereocenters. The molecule has 150 valence electrons. The Morgan fingerprint density at radius 1 is 1.14 bits per heavy atom. The number of sulfonamides is 1. The zero-order valence-electron chi connectivity index (χ0n) is 16.7. The van der Waals surface area contributed by atoms with Gasteiger partial charge in [0.1, 0.15) is 11.8 Å². The molecule has 28 heavy (non-hydrogen) atoms. The van der Waals surface area contributed by atoms with E-state index in [-0.39, 0.29) is 23.9 Å². The fraction of sp³-hybridized carbons (Fsp3) is 0.381. The van der Waals surface area contributed by atoms with E-state index in [1.807, 2.05) is 39.0 Å². The molecule has 1 unspecified atom stereocenters. The molecule has 1 N–H and O–H groups in total. The van der Waals surface area contributed by atoms with Crippen molar-refractivity contribution in [2.45, 2.75) is 38.6 Å². The average Bonchev–Trinajstić information content (AvgIpc) is 2.64. The molecule has 0 aliphatic carbocycles. The van der Waals surface area contributed by atoms with Gasteiger partial charge in [0.25, 0.3) is 0 Å². The lowest BCUT2D eigenvalue weighted by Gasteiger charge is -2.34. The van der Waals surface area contributed by atoms with Crippen LogP contribution < -0.4 is 10.1 Å². The summed E-state index contributed by atoms with van der Waals surface area (Å²) in [6, 6.07) is 9.90. The van der Waals surface area contributed by atoms with E-state index in [1.165, 1.54) is 4.31 Å². The molecule has 1 aliphatic rings. The molecule has 0 bridgehead atoms. The second-order valence-corrected chi connectivity index (χ2v) is 8.90. The number of hydrogen-bond acceptors (Lipinski definition) is 4. The molecule has 0 aromatic heterocycles. The molecule has 0 radical (unpaired) electrons. The smallest absolute Gasteiger partial charge is 0.244 e. The molecule has 1 saturated heterocycles. The lowest BCUT2D eigenvalue weighted by atomic mass is 10.0. The molecule has 3 rings (SSSR count). The summed E-state index contributed by atoms with van der Waals surface area (Å²) in [5.41, 5.74) is 2.99. The van der Waals surface area contributed by atoms with Crippen molar-refractivity contribution >= 4 is 15.9 Å². The Bertz CT molecular complexity index is 1000. The van der Waals surface area contributed by atoms with Crippen LogP contribution in [0.5, 0.6) is 5.75 Å². The van der Waals surface area contributed by atoms with Crippen LogP contribution in [0.1, 0.15) is 35.2 Å². The van der Waals surface area contributed by atoms with Gasteiger partial charge in [0, 0.05) is 13.1 Å². The van der Waals surface area contributed by atoms with Gasteiger partial charge in [0.15, 0.2) is 0 Å². The summed E-state index contributed by atoms with van der Waals surface area (Å²) in [7, 11) is -3.87. The Kier molecular flexibility index (Phi) is 5.76. The van der Waals surface area contributed by atoms with Crippen molar-refractivity contribution in [3.63, 3.8) is 0 Å². The highest BCUT2D eigenvalue weighted by molar-refractivity contribution is 7.89. The first-order chi connectivity index (χ1) is 13.3. The number of carbonyl (C=O) groups excluding carboxylic acids is 1. The van der Waals surface area contributed by atoms with E-state index in [4.69, 9.17) is 4.74 Å². The topological polar surface area (TPSA) is 75.7 Å². The van der Waals surface area contributed by atoms with Crippen molar-refractivity contribution in [1.82, 2.24) is 9.62 Å². The van der Waals surface area contributed by atoms with Gasteiger partial charge in [-0.2, -0.15) is 4.31 Å². The van der Waals surface area contributed by atoms with Gasteiger partial charge in [-0.05, 0) is 56.5 Å². The quantitative estimate of drug-likeness (QED) is 0.834. The number of aryl methyl sites for hydroxylation is 3. The van der Waals surface area contributed by atoms with Crippen LogP contribution in [0.4, 0.5) is 0 Å². The molecular formula is C21H26N2O4S. The van der Waals surface area contributed by atoms with Crippen molar-refractivity contribution in [3.05, 3.63) is 58.7 Å². The van der Waals surface area contributed by atoms with E-state index in [2.05, 4.69) is 5.32 Å². The molecule has 6 nitrogen and oxygen atoms in total. The van der Waals surface area contributed by atoms with E-state index in [0.717, 1.165) is 11.1 Å². The molecule has 1 aliphatic heterocycles. The minimum Gasteiger partial charge on any atom is -0.494 e. The Balaban J connectivity index is 2.08. The Morgan fingerprint density at radius 3 is 2.57 bits per heavy atom. The number of piperazine rings is 1. The Morgan fingerprint density at radius 2 is 1.89 bits per heavy atom. The number of amides is 1. The van der Waals surface area contributed by atoms with Crippen LogP contribution in [0, 0.1) is 20.8 Å². The van der Waals surface area contributed by atoms with Crippen molar-refractivity contribution in [1.29, 1.82) is 0 Å². The first-order valence-corrected chi connectivity index (χ1v) is 10.8. The summed E-state index contributed by atoms with van der Waals surface area (Å²) in [6.07, 6.45) is 0. The highest BCUT2D eigenvalue weighted by Crippen LogP contribution is 2.33. The van der Waals surface area contributed by atoms with Crippen molar-refractivity contribution < 1.29 is 17.9 Å². The largest absolute Gasteiger partial charge is 0.494 e. The van der Waals surface area contributed by atoms with E-state index >= 15 is 0 Å². The van der Waals surface area contributed by atoms with Gasteiger partial charge in [-0.1, -0.05) is 29.8 Å². The lowest BCUT2D eigenvalue weighted by Crippen LogP contribution is -2.52. The maximum absolute atomic E-state index is 13.5. The molecule has 1 heterocycles. The number of benzene rings is 2. The zero-order chi connectivity index (χ0) is 20.5. The Labute approximate surface area is 166 Å². The first kappa shape index (κ1) is 20.4. The summed E-state index contributed by atoms with van der Waals surface area (Å²) in [5.74, 6) is 0.367. The minimum atomic E-state index is -3.87. The van der Waals surface area contributed by atoms with Gasteiger partial charge in [-0.25, -0.2) is 8.42 Å². The maximum Gasteiger partial charge on any atom is 0.244 e. The zero-order valence-corrected chi connectivity index (χ0v) is 17.5. The monoisotopic (exact) mass is 402 g/mol. The van der Waals surface area contributed by atoms with Crippen LogP contribution in [0.2, 0.25) is 0 Å². The second-order valence-electron chi connectivity index (χ2n) is 7.04. The number of nitrogens with one attached hydrogen (secondary N) is 1. The molecule has 0 saturated carbocycles. The summed E-state index contributed by atoms with van der Waals surface area (Å²) in [4.78, 5) is 12.9. The second kappa shape index (κ2) is 7.93. The standard InChI is InChI=1S/C21H26N2O4S/c1-5-27-18-12-16(4)19(13-15(18)3)28(25,26)23-10-9-22-21(24)20(23)17-8-6-7-14(2)11-17/h6-8,11-13,20H,5,9-10H2,1-4H3,(H,22,24). The molecule has 1 amide bonds. The van der Waals surface area contributed by atoms with Crippen LogP contribution in [0.15, 0.2) is 41.3 Å². The van der Waals surface area contributed by atoms with Gasteiger partial charge in [-0.3, -0.25) is 4.79 Å². The fourth-order valence-electron chi connectivity index (χ4n) is 3.54. The van der Waals surface area contributed by atoms with Crippen LogP contribution >= 0.6 is 0 Å². The van der Waals surface area contributed by atoms with E-state index in [1.54, 1.807) is 25.1 Å². The minimum absolute atomic E-state index is 0.209. The van der Waals surface area contributed by atoms with Gasteiger partial charge < -0.3 is 10.1 Å². The number of hydrogen-bond donors (Lipinski definition) is 1. The summed E-state index contributed by atoms with van der Waals surface area (Å²) in [5, 5.41) is 2.79. The van der Waals surface area contributed by atoms with Gasteiger partial charge in [0.05, 0.1) is 11.5 Å². The average molecular weight is 403 g/mol. The van der Waals surface area contributed by atoms with Gasteiger partial charge >= 0.3 is 0 Å². The normalized spacial score (nSPS) is 18.0. The van der Waals surface area contributed by atoms with E-state index < -0.39 is 16.1 Å². The van der Waals surface area contributed by atoms with Gasteiger partial charge in [-0.15, -0.1) is 0 Å². The lowest BCUT2D eigenvalue weighted by molar-refractivity contribution is -0.126. The molecule has 2 aromatic rings. The van der Waals surface area contributed by atoms with E-state index in [9.17, 15) is 13.2 Å². The van der Waals surface area contributed by atoms with Crippen LogP contribution in [-0.4, -0.2) is 38.3 Å². The third-order valence-corrected chi connectivity index (χ3v) is 6.89. The highest BCUT2D eigenvalue weighted by Gasteiger charge is 2.40. The molecule has 2 aromatic carbocycles. The molecule has 0 spiro atoms. The van der Waals surface area contributed by atoms with Crippen LogP contribution in [0.3, 0.4) is 0 Å². The summed E-state index contributed by atoms with van der Waals surface area (Å²) < 4.78 is 34.0. The number of nitrogens with zero attached hydrogens (tertiary/aromatic N) is 1. The highest BCUT2D eigenvalue weighted by atomic mass is 32.2. The SMILES string of the molecule is CCOc1cc(C)c(S(=O)(=O)N2CCNC(=O)C2c2cccc(C)c2)cc1C. The predicted molar refractivity (Wildman–Crippen MR) is 108 cm³/mol. The Hall–Kier alpha value is -2.38. The van der Waals surface area contributed by atoms with Crippen LogP contribution in [-0.2, 0) is 14.8 Å². The number of rotatable bonds is 5. The molecular weight excluding hydrogens is 376 g/mol. The van der Waals surface area contributed by atoms with Crippen LogP contribution in [0.25, 0.3) is 0 Å².